The van der Waals surface area contributed by atoms with Crippen LogP contribution in [0.4, 0.5) is 0 Å². The smallest absolute Gasteiger partial charge is 0.348 e. The van der Waals surface area contributed by atoms with E-state index in [4.69, 9.17) is 0 Å². The van der Waals surface area contributed by atoms with Gasteiger partial charge in [-0.05, 0) is 0 Å². The molecule has 1 aliphatic heterocycles. The van der Waals surface area contributed by atoms with Crippen molar-refractivity contribution in [2.24, 2.45) is 0 Å². The SMILES string of the molecule is C=CCOC(=O)CC1OC(=O)COC1=O. The lowest BCUT2D eigenvalue weighted by atomic mass is 10.2. The molecule has 1 unspecified atom stereocenters. The van der Waals surface area contributed by atoms with Crippen molar-refractivity contribution in [3.8, 4) is 0 Å². The second-order valence-electron chi connectivity index (χ2n) is 2.76. The van der Waals surface area contributed by atoms with E-state index in [2.05, 4.69) is 20.8 Å². The van der Waals surface area contributed by atoms with Gasteiger partial charge in [-0.2, -0.15) is 0 Å². The van der Waals surface area contributed by atoms with Gasteiger partial charge in [-0.25, -0.2) is 9.59 Å². The zero-order chi connectivity index (χ0) is 11.3. The van der Waals surface area contributed by atoms with Crippen molar-refractivity contribution < 1.29 is 28.6 Å². The van der Waals surface area contributed by atoms with Crippen LogP contribution in [-0.4, -0.2) is 37.2 Å². The molecule has 0 aromatic rings. The van der Waals surface area contributed by atoms with Crippen LogP contribution >= 0.6 is 0 Å². The van der Waals surface area contributed by atoms with Crippen LogP contribution < -0.4 is 0 Å². The summed E-state index contributed by atoms with van der Waals surface area (Å²) in [6.07, 6.45) is -0.134. The van der Waals surface area contributed by atoms with E-state index in [1.165, 1.54) is 6.08 Å². The molecular formula is C9H10O6. The van der Waals surface area contributed by atoms with Crippen LogP contribution in [-0.2, 0) is 28.6 Å². The van der Waals surface area contributed by atoms with Gasteiger partial charge in [-0.15, -0.1) is 0 Å². The Balaban J connectivity index is 2.41. The van der Waals surface area contributed by atoms with Crippen LogP contribution in [0.25, 0.3) is 0 Å². The average Bonchev–Trinajstić information content (AvgIpc) is 2.20. The molecule has 0 aliphatic carbocycles. The molecule has 1 saturated heterocycles. The zero-order valence-corrected chi connectivity index (χ0v) is 7.93. The van der Waals surface area contributed by atoms with Gasteiger partial charge in [0.25, 0.3) is 0 Å². The topological polar surface area (TPSA) is 78.9 Å². The third kappa shape index (κ3) is 3.41. The standard InChI is InChI=1S/C9H10O6/c1-2-3-13-7(10)4-6-9(12)14-5-8(11)15-6/h2,6H,1,3-5H2. The van der Waals surface area contributed by atoms with Crippen LogP contribution in [0.3, 0.4) is 0 Å². The molecule has 0 bridgehead atoms. The van der Waals surface area contributed by atoms with E-state index in [9.17, 15) is 14.4 Å². The summed E-state index contributed by atoms with van der Waals surface area (Å²) >= 11 is 0. The number of hydrogen-bond acceptors (Lipinski definition) is 6. The predicted octanol–water partition coefficient (Wildman–Crippen LogP) is -0.426. The van der Waals surface area contributed by atoms with E-state index >= 15 is 0 Å². The molecule has 6 nitrogen and oxygen atoms in total. The first-order chi connectivity index (χ1) is 7.13. The molecule has 6 heteroatoms. The van der Waals surface area contributed by atoms with Crippen molar-refractivity contribution in [2.45, 2.75) is 12.5 Å². The van der Waals surface area contributed by atoms with Crippen molar-refractivity contribution in [3.05, 3.63) is 12.7 Å². The minimum Gasteiger partial charge on any atom is -0.461 e. The molecule has 1 heterocycles. The molecule has 0 radical (unpaired) electrons. The quantitative estimate of drug-likeness (QED) is 0.359. The average molecular weight is 214 g/mol. The van der Waals surface area contributed by atoms with Crippen molar-refractivity contribution in [3.63, 3.8) is 0 Å². The van der Waals surface area contributed by atoms with Gasteiger partial charge in [0.15, 0.2) is 6.61 Å². The Kier molecular flexibility index (Phi) is 3.84. The van der Waals surface area contributed by atoms with Gasteiger partial charge in [0.05, 0.1) is 6.42 Å². The molecule has 0 N–H and O–H groups in total. The van der Waals surface area contributed by atoms with Gasteiger partial charge >= 0.3 is 17.9 Å². The van der Waals surface area contributed by atoms with E-state index in [1.807, 2.05) is 0 Å². The lowest BCUT2D eigenvalue weighted by molar-refractivity contribution is -0.186. The summed E-state index contributed by atoms with van der Waals surface area (Å²) in [5, 5.41) is 0. The fourth-order valence-corrected chi connectivity index (χ4v) is 0.951. The molecule has 1 fully saturated rings. The number of ether oxygens (including phenoxy) is 3. The van der Waals surface area contributed by atoms with Crippen molar-refractivity contribution in [1.82, 2.24) is 0 Å². The summed E-state index contributed by atoms with van der Waals surface area (Å²) in [5.41, 5.74) is 0. The molecule has 1 atom stereocenters. The predicted molar refractivity (Wildman–Crippen MR) is 46.6 cm³/mol. The summed E-state index contributed by atoms with van der Waals surface area (Å²) in [7, 11) is 0. The second kappa shape index (κ2) is 5.14. The highest BCUT2D eigenvalue weighted by Crippen LogP contribution is 2.08. The Morgan fingerprint density at radius 1 is 1.60 bits per heavy atom. The van der Waals surface area contributed by atoms with Gasteiger partial charge in [0.1, 0.15) is 6.61 Å². The van der Waals surface area contributed by atoms with Crippen molar-refractivity contribution >= 4 is 17.9 Å². The Labute approximate surface area is 85.8 Å². The molecule has 0 spiro atoms. The van der Waals surface area contributed by atoms with Gasteiger partial charge in [-0.3, -0.25) is 4.79 Å². The maximum atomic E-state index is 11.1. The molecule has 0 saturated carbocycles. The first-order valence-corrected chi connectivity index (χ1v) is 4.26. The van der Waals surface area contributed by atoms with Crippen LogP contribution in [0.15, 0.2) is 12.7 Å². The van der Waals surface area contributed by atoms with Crippen LogP contribution in [0.5, 0.6) is 0 Å². The van der Waals surface area contributed by atoms with Crippen LogP contribution in [0, 0.1) is 0 Å². The molecule has 15 heavy (non-hydrogen) atoms. The lowest BCUT2D eigenvalue weighted by Crippen LogP contribution is -2.39. The number of cyclic esters (lactones) is 2. The summed E-state index contributed by atoms with van der Waals surface area (Å²) in [5.74, 6) is -2.05. The van der Waals surface area contributed by atoms with Gasteiger partial charge < -0.3 is 14.2 Å². The largest absolute Gasteiger partial charge is 0.461 e. The molecule has 82 valence electrons. The maximum absolute atomic E-state index is 11.1. The third-order valence-electron chi connectivity index (χ3n) is 1.58. The molecule has 0 aromatic heterocycles. The highest BCUT2D eigenvalue weighted by Gasteiger charge is 2.32. The summed E-state index contributed by atoms with van der Waals surface area (Å²) in [6, 6.07) is 0. The molecule has 1 rings (SSSR count). The number of rotatable bonds is 4. The number of carbonyl (C=O) groups is 3. The number of hydrogen-bond donors (Lipinski definition) is 0. The summed E-state index contributed by atoms with van der Waals surface area (Å²) < 4.78 is 13.7. The number of esters is 3. The summed E-state index contributed by atoms with van der Waals surface area (Å²) in [6.45, 7) is 3.00. The monoisotopic (exact) mass is 214 g/mol. The van der Waals surface area contributed by atoms with E-state index in [1.54, 1.807) is 0 Å². The molecule has 1 aliphatic rings. The van der Waals surface area contributed by atoms with E-state index in [0.717, 1.165) is 0 Å². The van der Waals surface area contributed by atoms with Gasteiger partial charge in [-0.1, -0.05) is 12.7 Å². The fourth-order valence-electron chi connectivity index (χ4n) is 0.951. The highest BCUT2D eigenvalue weighted by atomic mass is 16.6. The highest BCUT2D eigenvalue weighted by molar-refractivity contribution is 5.88. The Hall–Kier alpha value is -1.85. The molecule has 0 aromatic carbocycles. The summed E-state index contributed by atoms with van der Waals surface area (Å²) in [4.78, 5) is 32.8. The zero-order valence-electron chi connectivity index (χ0n) is 7.93. The Morgan fingerprint density at radius 2 is 2.33 bits per heavy atom. The first kappa shape index (κ1) is 11.2. The molecular weight excluding hydrogens is 204 g/mol. The van der Waals surface area contributed by atoms with Crippen molar-refractivity contribution in [1.29, 1.82) is 0 Å². The number of carbonyl (C=O) groups excluding carboxylic acids is 3. The first-order valence-electron chi connectivity index (χ1n) is 4.26. The van der Waals surface area contributed by atoms with Gasteiger partial charge in [0, 0.05) is 0 Å². The van der Waals surface area contributed by atoms with E-state index in [-0.39, 0.29) is 13.0 Å². The minimum absolute atomic E-state index is 0.0501. The van der Waals surface area contributed by atoms with E-state index < -0.39 is 30.6 Å². The van der Waals surface area contributed by atoms with Crippen LogP contribution in [0.2, 0.25) is 0 Å². The van der Waals surface area contributed by atoms with Gasteiger partial charge in [0.2, 0.25) is 6.10 Å². The Bertz CT molecular complexity index is 295. The molecule has 0 amide bonds. The third-order valence-corrected chi connectivity index (χ3v) is 1.58. The van der Waals surface area contributed by atoms with Crippen LogP contribution in [0.1, 0.15) is 6.42 Å². The lowest BCUT2D eigenvalue weighted by Gasteiger charge is -2.20. The van der Waals surface area contributed by atoms with Crippen molar-refractivity contribution in [2.75, 3.05) is 13.2 Å². The second-order valence-corrected chi connectivity index (χ2v) is 2.76. The maximum Gasteiger partial charge on any atom is 0.348 e. The normalized spacial score (nSPS) is 20.1. The Morgan fingerprint density at radius 3 is 3.00 bits per heavy atom. The fraction of sp³-hybridized carbons (Fsp3) is 0.444. The minimum atomic E-state index is -1.19. The van der Waals surface area contributed by atoms with E-state index in [0.29, 0.717) is 0 Å².